The first-order valence-corrected chi connectivity index (χ1v) is 8.09. The van der Waals surface area contributed by atoms with Gasteiger partial charge in [0.15, 0.2) is 0 Å². The lowest BCUT2D eigenvalue weighted by molar-refractivity contribution is -0.134. The van der Waals surface area contributed by atoms with Crippen LogP contribution in [0.5, 0.6) is 0 Å². The second kappa shape index (κ2) is 9.63. The van der Waals surface area contributed by atoms with Crippen LogP contribution in [0.1, 0.15) is 32.1 Å². The van der Waals surface area contributed by atoms with Crippen molar-refractivity contribution in [3.8, 4) is 0 Å². The maximum absolute atomic E-state index is 11.7. The van der Waals surface area contributed by atoms with E-state index in [0.717, 1.165) is 44.0 Å². The number of nitrogens with one attached hydrogen (secondary N) is 1. The van der Waals surface area contributed by atoms with Gasteiger partial charge in [0.25, 0.3) is 0 Å². The Morgan fingerprint density at radius 1 is 1.25 bits per heavy atom. The molecule has 0 bridgehead atoms. The number of aliphatic carboxylic acids is 1. The largest absolute Gasteiger partial charge is 0.481 e. The van der Waals surface area contributed by atoms with Gasteiger partial charge in [-0.25, -0.2) is 0 Å². The lowest BCUT2D eigenvalue weighted by atomic mass is 10.2. The van der Waals surface area contributed by atoms with E-state index in [4.69, 9.17) is 5.11 Å². The zero-order valence-corrected chi connectivity index (χ0v) is 12.4. The fraction of sp³-hybridized carbons (Fsp3) is 0.769. The Labute approximate surface area is 123 Å². The van der Waals surface area contributed by atoms with Crippen LogP contribution < -0.4 is 5.32 Å². The standard InChI is InChI=1S/C13H22N2O4S/c16-11(9-20-10-13(18)19)14-6-4-8-15-7-3-1-2-5-12(15)17/h1-10H2,(H,14,16)(H,18,19). The molecule has 0 saturated carbocycles. The molecule has 0 unspecified atom stereocenters. The number of thioether (sulfide) groups is 1. The number of nitrogens with zero attached hydrogens (tertiary/aromatic N) is 1. The van der Waals surface area contributed by atoms with E-state index < -0.39 is 5.97 Å². The van der Waals surface area contributed by atoms with Gasteiger partial charge in [0.2, 0.25) is 11.8 Å². The normalized spacial score (nSPS) is 15.8. The molecule has 0 aromatic rings. The number of hydrogen-bond donors (Lipinski definition) is 2. The molecule has 0 aromatic carbocycles. The minimum atomic E-state index is -0.914. The number of carbonyl (C=O) groups excluding carboxylic acids is 2. The highest BCUT2D eigenvalue weighted by Gasteiger charge is 2.15. The maximum atomic E-state index is 11.7. The van der Waals surface area contributed by atoms with E-state index in [-0.39, 0.29) is 23.3 Å². The van der Waals surface area contributed by atoms with E-state index >= 15 is 0 Å². The summed E-state index contributed by atoms with van der Waals surface area (Å²) in [6.45, 7) is 2.03. The van der Waals surface area contributed by atoms with Gasteiger partial charge in [0.05, 0.1) is 11.5 Å². The van der Waals surface area contributed by atoms with Crippen LogP contribution in [0.4, 0.5) is 0 Å². The average Bonchev–Trinajstić information content (AvgIpc) is 2.59. The lowest BCUT2D eigenvalue weighted by Crippen LogP contribution is -2.34. The number of likely N-dealkylation sites (tertiary alicyclic amines) is 1. The van der Waals surface area contributed by atoms with Crippen LogP contribution in [-0.4, -0.2) is 58.9 Å². The first-order valence-electron chi connectivity index (χ1n) is 6.93. The monoisotopic (exact) mass is 302 g/mol. The Kier molecular flexibility index (Phi) is 8.10. The molecule has 1 heterocycles. The molecule has 1 rings (SSSR count). The molecule has 0 aromatic heterocycles. The van der Waals surface area contributed by atoms with E-state index in [2.05, 4.69) is 5.32 Å². The van der Waals surface area contributed by atoms with Crippen molar-refractivity contribution in [1.82, 2.24) is 10.2 Å². The summed E-state index contributed by atoms with van der Waals surface area (Å²) in [5, 5.41) is 11.2. The van der Waals surface area contributed by atoms with Crippen molar-refractivity contribution in [1.29, 1.82) is 0 Å². The summed E-state index contributed by atoms with van der Waals surface area (Å²) in [6, 6.07) is 0. The highest BCUT2D eigenvalue weighted by atomic mass is 32.2. The van der Waals surface area contributed by atoms with Gasteiger partial charge in [-0.3, -0.25) is 14.4 Å². The van der Waals surface area contributed by atoms with Crippen molar-refractivity contribution in [3.05, 3.63) is 0 Å². The SMILES string of the molecule is O=C(O)CSCC(=O)NCCCN1CCCCCC1=O. The molecule has 114 valence electrons. The van der Waals surface area contributed by atoms with Crippen molar-refractivity contribution in [2.75, 3.05) is 31.1 Å². The predicted octanol–water partition coefficient (Wildman–Crippen LogP) is 0.713. The van der Waals surface area contributed by atoms with Gasteiger partial charge < -0.3 is 15.3 Å². The summed E-state index contributed by atoms with van der Waals surface area (Å²) in [6.07, 6.45) is 4.52. The van der Waals surface area contributed by atoms with Gasteiger partial charge in [0, 0.05) is 26.1 Å². The van der Waals surface area contributed by atoms with E-state index in [1.165, 1.54) is 0 Å². The van der Waals surface area contributed by atoms with Gasteiger partial charge in [0.1, 0.15) is 0 Å². The summed E-state index contributed by atoms with van der Waals surface area (Å²) < 4.78 is 0. The predicted molar refractivity (Wildman–Crippen MR) is 77.6 cm³/mol. The zero-order valence-electron chi connectivity index (χ0n) is 11.6. The maximum Gasteiger partial charge on any atom is 0.313 e. The van der Waals surface area contributed by atoms with Crippen molar-refractivity contribution in [2.24, 2.45) is 0 Å². The molecule has 6 nitrogen and oxygen atoms in total. The molecule has 7 heteroatoms. The molecule has 0 spiro atoms. The van der Waals surface area contributed by atoms with Crippen LogP contribution in [-0.2, 0) is 14.4 Å². The van der Waals surface area contributed by atoms with Crippen LogP contribution in [0.2, 0.25) is 0 Å². The second-order valence-corrected chi connectivity index (χ2v) is 5.77. The number of carbonyl (C=O) groups is 3. The summed E-state index contributed by atoms with van der Waals surface area (Å²) in [5.41, 5.74) is 0. The molecule has 2 N–H and O–H groups in total. The minimum absolute atomic E-state index is 0.0598. The minimum Gasteiger partial charge on any atom is -0.481 e. The summed E-state index contributed by atoms with van der Waals surface area (Å²) >= 11 is 1.08. The summed E-state index contributed by atoms with van der Waals surface area (Å²) in [4.78, 5) is 35.3. The van der Waals surface area contributed by atoms with Gasteiger partial charge in [-0.05, 0) is 19.3 Å². The third kappa shape index (κ3) is 7.37. The van der Waals surface area contributed by atoms with E-state index in [0.29, 0.717) is 19.5 Å². The third-order valence-electron chi connectivity index (χ3n) is 3.06. The molecular weight excluding hydrogens is 280 g/mol. The van der Waals surface area contributed by atoms with Gasteiger partial charge in [-0.15, -0.1) is 11.8 Å². The number of rotatable bonds is 8. The van der Waals surface area contributed by atoms with Crippen molar-refractivity contribution >= 4 is 29.5 Å². The van der Waals surface area contributed by atoms with Crippen LogP contribution in [0.3, 0.4) is 0 Å². The smallest absolute Gasteiger partial charge is 0.313 e. The molecule has 0 aliphatic carbocycles. The van der Waals surface area contributed by atoms with Crippen molar-refractivity contribution in [2.45, 2.75) is 32.1 Å². The Hall–Kier alpha value is -1.24. The highest BCUT2D eigenvalue weighted by Crippen LogP contribution is 2.11. The lowest BCUT2D eigenvalue weighted by Gasteiger charge is -2.20. The molecule has 1 aliphatic rings. The topological polar surface area (TPSA) is 86.7 Å². The highest BCUT2D eigenvalue weighted by molar-refractivity contribution is 8.00. The van der Waals surface area contributed by atoms with Gasteiger partial charge in [-0.2, -0.15) is 0 Å². The fourth-order valence-electron chi connectivity index (χ4n) is 2.05. The van der Waals surface area contributed by atoms with Crippen molar-refractivity contribution in [3.63, 3.8) is 0 Å². The van der Waals surface area contributed by atoms with E-state index in [1.807, 2.05) is 4.90 Å². The van der Waals surface area contributed by atoms with E-state index in [1.54, 1.807) is 0 Å². The summed E-state index contributed by atoms with van der Waals surface area (Å²) in [7, 11) is 0. The molecule has 1 saturated heterocycles. The molecule has 2 amide bonds. The molecule has 1 fully saturated rings. The Morgan fingerprint density at radius 3 is 2.80 bits per heavy atom. The molecule has 1 aliphatic heterocycles. The van der Waals surface area contributed by atoms with Crippen LogP contribution in [0.15, 0.2) is 0 Å². The first-order chi connectivity index (χ1) is 9.59. The molecular formula is C13H22N2O4S. The van der Waals surface area contributed by atoms with Gasteiger partial charge in [-0.1, -0.05) is 6.42 Å². The summed E-state index contributed by atoms with van der Waals surface area (Å²) in [5.74, 6) is -0.753. The van der Waals surface area contributed by atoms with Crippen molar-refractivity contribution < 1.29 is 19.5 Å². The molecule has 0 atom stereocenters. The van der Waals surface area contributed by atoms with Gasteiger partial charge >= 0.3 is 5.97 Å². The van der Waals surface area contributed by atoms with Crippen LogP contribution in [0, 0.1) is 0 Å². The Balaban J connectivity index is 2.07. The Bertz CT molecular complexity index is 349. The van der Waals surface area contributed by atoms with E-state index in [9.17, 15) is 14.4 Å². The third-order valence-corrected chi connectivity index (χ3v) is 3.97. The molecule has 0 radical (unpaired) electrons. The average molecular weight is 302 g/mol. The second-order valence-electron chi connectivity index (χ2n) is 4.78. The Morgan fingerprint density at radius 2 is 2.05 bits per heavy atom. The van der Waals surface area contributed by atoms with Crippen LogP contribution in [0.25, 0.3) is 0 Å². The fourth-order valence-corrected chi connectivity index (χ4v) is 2.62. The number of carboxylic acids is 1. The van der Waals surface area contributed by atoms with Crippen LogP contribution >= 0.6 is 11.8 Å². The number of amides is 2. The quantitative estimate of drug-likeness (QED) is 0.645. The first kappa shape index (κ1) is 16.8. The zero-order chi connectivity index (χ0) is 14.8. The number of carboxylic acid groups (broad SMARTS) is 1. The molecule has 20 heavy (non-hydrogen) atoms. The number of hydrogen-bond acceptors (Lipinski definition) is 4.